The van der Waals surface area contributed by atoms with Crippen LogP contribution < -0.4 is 9.64 Å². The lowest BCUT2D eigenvalue weighted by Gasteiger charge is -2.53. The fraction of sp³-hybridized carbons (Fsp3) is 0.500. The number of ether oxygens (including phenoxy) is 2. The van der Waals surface area contributed by atoms with Crippen LogP contribution in [0.15, 0.2) is 24.8 Å². The normalized spacial score (nSPS) is 21.4. The van der Waals surface area contributed by atoms with Crippen molar-refractivity contribution in [3.05, 3.63) is 36.2 Å². The lowest BCUT2D eigenvalue weighted by atomic mass is 9.84. The van der Waals surface area contributed by atoms with Gasteiger partial charge in [-0.05, 0) is 13.8 Å². The number of aryl methyl sites for hydroxylation is 2. The van der Waals surface area contributed by atoms with Crippen molar-refractivity contribution >= 4 is 11.6 Å². The molecule has 0 bridgehead atoms. The van der Waals surface area contributed by atoms with Crippen molar-refractivity contribution < 1.29 is 9.47 Å². The van der Waals surface area contributed by atoms with E-state index >= 15 is 0 Å². The lowest BCUT2D eigenvalue weighted by molar-refractivity contribution is -0.127. The second-order valence-corrected chi connectivity index (χ2v) is 7.35. The average molecular weight is 367 g/mol. The number of anilines is 1. The van der Waals surface area contributed by atoms with E-state index in [0.29, 0.717) is 18.3 Å². The van der Waals surface area contributed by atoms with Gasteiger partial charge in [0.15, 0.2) is 0 Å². The molecule has 5 rings (SSSR count). The average Bonchev–Trinajstić information content (AvgIpc) is 3.07. The second kappa shape index (κ2) is 6.12. The van der Waals surface area contributed by atoms with Gasteiger partial charge >= 0.3 is 0 Å². The zero-order valence-electron chi connectivity index (χ0n) is 15.4. The van der Waals surface area contributed by atoms with E-state index < -0.39 is 0 Å². The lowest BCUT2D eigenvalue weighted by Crippen LogP contribution is -2.66. The minimum atomic E-state index is -0.190. The van der Waals surface area contributed by atoms with E-state index in [1.165, 1.54) is 6.33 Å². The van der Waals surface area contributed by atoms with Crippen LogP contribution in [-0.4, -0.2) is 61.0 Å². The first kappa shape index (κ1) is 16.4. The summed E-state index contributed by atoms with van der Waals surface area (Å²) in [5, 5.41) is 4.30. The monoisotopic (exact) mass is 367 g/mol. The summed E-state index contributed by atoms with van der Waals surface area (Å²) >= 11 is 0. The fourth-order valence-corrected chi connectivity index (χ4v) is 3.92. The number of fused-ring (bicyclic) bond motifs is 1. The van der Waals surface area contributed by atoms with Crippen molar-refractivity contribution in [2.45, 2.75) is 38.4 Å². The summed E-state index contributed by atoms with van der Waals surface area (Å²) in [7, 11) is 0. The van der Waals surface area contributed by atoms with Gasteiger partial charge in [0.1, 0.15) is 23.9 Å². The van der Waals surface area contributed by atoms with Gasteiger partial charge in [0, 0.05) is 30.8 Å². The Morgan fingerprint density at radius 3 is 2.93 bits per heavy atom. The maximum Gasteiger partial charge on any atom is 0.254 e. The largest absolute Gasteiger partial charge is 0.473 e. The van der Waals surface area contributed by atoms with Crippen molar-refractivity contribution in [1.82, 2.24) is 29.5 Å². The number of hydrogen-bond acceptors (Lipinski definition) is 8. The standard InChI is InChI=1S/C18H21N7O2/c1-12-5-16(25-17(23-12)20-11-21-25)24-9-18(10-24)6-14(3-4-26-18)27-15-8-19-7-13(2)22-15/h5,7-8,11,14H,3-4,6,9-10H2,1-2H3/t14-/m1/s1. The Labute approximate surface area is 156 Å². The van der Waals surface area contributed by atoms with Crippen LogP contribution in [0.3, 0.4) is 0 Å². The topological polar surface area (TPSA) is 90.6 Å². The van der Waals surface area contributed by atoms with E-state index in [0.717, 1.165) is 43.1 Å². The van der Waals surface area contributed by atoms with Crippen LogP contribution in [0.5, 0.6) is 5.88 Å². The molecule has 9 heteroatoms. The van der Waals surface area contributed by atoms with E-state index in [2.05, 4.69) is 29.9 Å². The molecule has 9 nitrogen and oxygen atoms in total. The van der Waals surface area contributed by atoms with E-state index in [1.54, 1.807) is 16.9 Å². The van der Waals surface area contributed by atoms with Gasteiger partial charge in [-0.15, -0.1) is 0 Å². The highest BCUT2D eigenvalue weighted by Crippen LogP contribution is 2.38. The Balaban J connectivity index is 1.30. The molecule has 0 unspecified atom stereocenters. The number of nitrogens with zero attached hydrogens (tertiary/aromatic N) is 7. The number of hydrogen-bond donors (Lipinski definition) is 0. The minimum absolute atomic E-state index is 0.0857. The Morgan fingerprint density at radius 1 is 1.19 bits per heavy atom. The molecule has 0 amide bonds. The molecule has 1 atom stereocenters. The third-order valence-electron chi connectivity index (χ3n) is 5.11. The molecule has 5 heterocycles. The van der Waals surface area contributed by atoms with Crippen molar-refractivity contribution in [2.24, 2.45) is 0 Å². The second-order valence-electron chi connectivity index (χ2n) is 7.35. The number of rotatable bonds is 3. The van der Waals surface area contributed by atoms with Crippen molar-refractivity contribution in [1.29, 1.82) is 0 Å². The van der Waals surface area contributed by atoms with E-state index in [4.69, 9.17) is 9.47 Å². The Bertz CT molecular complexity index is 983. The van der Waals surface area contributed by atoms with Crippen LogP contribution in [0.2, 0.25) is 0 Å². The molecule has 2 aliphatic heterocycles. The van der Waals surface area contributed by atoms with Crippen molar-refractivity contribution in [3.8, 4) is 5.88 Å². The van der Waals surface area contributed by atoms with Gasteiger partial charge in [-0.2, -0.15) is 14.6 Å². The Morgan fingerprint density at radius 2 is 2.07 bits per heavy atom. The predicted molar refractivity (Wildman–Crippen MR) is 96.8 cm³/mol. The van der Waals surface area contributed by atoms with Crippen LogP contribution in [-0.2, 0) is 4.74 Å². The first-order valence-corrected chi connectivity index (χ1v) is 9.12. The fourth-order valence-electron chi connectivity index (χ4n) is 3.92. The summed E-state index contributed by atoms with van der Waals surface area (Å²) in [6, 6.07) is 2.04. The molecule has 0 aromatic carbocycles. The van der Waals surface area contributed by atoms with E-state index in [9.17, 15) is 0 Å². The van der Waals surface area contributed by atoms with Crippen LogP contribution in [0.4, 0.5) is 5.82 Å². The maximum absolute atomic E-state index is 6.15. The first-order chi connectivity index (χ1) is 13.1. The summed E-state index contributed by atoms with van der Waals surface area (Å²) < 4.78 is 14.0. The molecule has 1 spiro atoms. The summed E-state index contributed by atoms with van der Waals surface area (Å²) in [6.07, 6.45) is 6.71. The highest BCUT2D eigenvalue weighted by molar-refractivity contribution is 5.50. The molecule has 3 aromatic heterocycles. The highest BCUT2D eigenvalue weighted by atomic mass is 16.5. The molecule has 0 N–H and O–H groups in total. The number of aromatic nitrogens is 6. The minimum Gasteiger partial charge on any atom is -0.473 e. The molecule has 2 fully saturated rings. The van der Waals surface area contributed by atoms with Gasteiger partial charge in [0.05, 0.1) is 31.6 Å². The maximum atomic E-state index is 6.15. The molecule has 2 saturated heterocycles. The SMILES string of the molecule is Cc1cncc(O[C@@H]2CCOC3(C2)CN(c2cc(C)nc4ncnn24)C3)n1. The van der Waals surface area contributed by atoms with E-state index in [1.807, 2.05) is 19.9 Å². The molecular weight excluding hydrogens is 346 g/mol. The van der Waals surface area contributed by atoms with Gasteiger partial charge in [-0.3, -0.25) is 4.98 Å². The summed E-state index contributed by atoms with van der Waals surface area (Å²) in [6.45, 7) is 6.16. The molecule has 3 aromatic rings. The quantitative estimate of drug-likeness (QED) is 0.685. The zero-order valence-corrected chi connectivity index (χ0v) is 15.4. The van der Waals surface area contributed by atoms with Gasteiger partial charge in [-0.1, -0.05) is 0 Å². The van der Waals surface area contributed by atoms with Gasteiger partial charge < -0.3 is 14.4 Å². The molecule has 0 aliphatic carbocycles. The molecule has 0 saturated carbocycles. The Kier molecular flexibility index (Phi) is 3.71. The third kappa shape index (κ3) is 2.97. The molecule has 0 radical (unpaired) electrons. The summed E-state index contributed by atoms with van der Waals surface area (Å²) in [4.78, 5) is 19.4. The highest BCUT2D eigenvalue weighted by Gasteiger charge is 2.49. The van der Waals surface area contributed by atoms with Gasteiger partial charge in [0.25, 0.3) is 5.78 Å². The summed E-state index contributed by atoms with van der Waals surface area (Å²) in [5.41, 5.74) is 1.59. The van der Waals surface area contributed by atoms with Crippen molar-refractivity contribution in [3.63, 3.8) is 0 Å². The van der Waals surface area contributed by atoms with Crippen LogP contribution in [0, 0.1) is 13.8 Å². The third-order valence-corrected chi connectivity index (χ3v) is 5.11. The zero-order chi connectivity index (χ0) is 18.4. The first-order valence-electron chi connectivity index (χ1n) is 9.12. The van der Waals surface area contributed by atoms with Gasteiger partial charge in [0.2, 0.25) is 5.88 Å². The molecule has 2 aliphatic rings. The summed E-state index contributed by atoms with van der Waals surface area (Å²) in [5.74, 6) is 2.20. The molecule has 140 valence electrons. The van der Waals surface area contributed by atoms with Crippen LogP contribution in [0.25, 0.3) is 5.78 Å². The molecule has 27 heavy (non-hydrogen) atoms. The Hall–Kier alpha value is -2.81. The van der Waals surface area contributed by atoms with Gasteiger partial charge in [-0.25, -0.2) is 9.97 Å². The van der Waals surface area contributed by atoms with Crippen LogP contribution in [0.1, 0.15) is 24.2 Å². The van der Waals surface area contributed by atoms with E-state index in [-0.39, 0.29) is 11.7 Å². The van der Waals surface area contributed by atoms with Crippen molar-refractivity contribution in [2.75, 3.05) is 24.6 Å². The molecular formula is C18H21N7O2. The smallest absolute Gasteiger partial charge is 0.254 e. The van der Waals surface area contributed by atoms with Crippen LogP contribution >= 0.6 is 0 Å². The predicted octanol–water partition coefficient (Wildman–Crippen LogP) is 1.35.